The highest BCUT2D eigenvalue weighted by Crippen LogP contribution is 2.24. The number of carbonyl (C=O) groups excluding carboxylic acids is 1. The van der Waals surface area contributed by atoms with Crippen LogP contribution in [0.4, 0.5) is 22.9 Å². The summed E-state index contributed by atoms with van der Waals surface area (Å²) in [6.45, 7) is 6.33. The molecule has 1 aliphatic rings. The van der Waals surface area contributed by atoms with Gasteiger partial charge in [0.25, 0.3) is 5.91 Å². The van der Waals surface area contributed by atoms with Gasteiger partial charge in [0.05, 0.1) is 11.9 Å². The van der Waals surface area contributed by atoms with E-state index in [1.165, 1.54) is 24.1 Å². The molecule has 3 aromatic rings. The summed E-state index contributed by atoms with van der Waals surface area (Å²) in [5.74, 6) is 0.608. The quantitative estimate of drug-likeness (QED) is 0.625. The smallest absolute Gasteiger partial charge is 0.255 e. The maximum Gasteiger partial charge on any atom is 0.255 e. The van der Waals surface area contributed by atoms with Crippen molar-refractivity contribution in [2.45, 2.75) is 26.7 Å². The number of nitrogens with one attached hydrogen (secondary N) is 2. The van der Waals surface area contributed by atoms with E-state index in [2.05, 4.69) is 44.8 Å². The van der Waals surface area contributed by atoms with Crippen molar-refractivity contribution in [1.29, 1.82) is 0 Å². The first-order valence-electron chi connectivity index (χ1n) is 10.1. The average Bonchev–Trinajstić information content (AvgIpc) is 3.27. The van der Waals surface area contributed by atoms with Crippen LogP contribution < -0.4 is 15.5 Å². The number of aryl methyl sites for hydroxylation is 2. The lowest BCUT2D eigenvalue weighted by Gasteiger charge is -2.17. The molecule has 5 heteroatoms. The van der Waals surface area contributed by atoms with Crippen LogP contribution in [0.15, 0.2) is 60.8 Å². The van der Waals surface area contributed by atoms with Crippen LogP contribution in [-0.4, -0.2) is 24.0 Å². The zero-order valence-electron chi connectivity index (χ0n) is 16.9. The van der Waals surface area contributed by atoms with Crippen LogP contribution in [0.2, 0.25) is 0 Å². The fourth-order valence-electron chi connectivity index (χ4n) is 3.51. The topological polar surface area (TPSA) is 57.3 Å². The monoisotopic (exact) mass is 386 g/mol. The molecule has 0 atom stereocenters. The van der Waals surface area contributed by atoms with E-state index < -0.39 is 0 Å². The van der Waals surface area contributed by atoms with E-state index in [1.807, 2.05) is 44.2 Å². The fourth-order valence-corrected chi connectivity index (χ4v) is 3.51. The van der Waals surface area contributed by atoms with Crippen molar-refractivity contribution in [2.24, 2.45) is 0 Å². The first-order valence-corrected chi connectivity index (χ1v) is 10.1. The SMILES string of the molecule is Cc1ccc(C(=O)Nc2ccc(Nc3ccc(N4CCCC4)cc3)nc2)cc1C. The first kappa shape index (κ1) is 19.0. The largest absolute Gasteiger partial charge is 0.372 e. The van der Waals surface area contributed by atoms with Crippen molar-refractivity contribution < 1.29 is 4.79 Å². The van der Waals surface area contributed by atoms with Gasteiger partial charge in [0.15, 0.2) is 0 Å². The molecule has 2 aromatic carbocycles. The van der Waals surface area contributed by atoms with Crippen LogP contribution in [0.3, 0.4) is 0 Å². The maximum atomic E-state index is 12.4. The predicted molar refractivity (Wildman–Crippen MR) is 119 cm³/mol. The summed E-state index contributed by atoms with van der Waals surface area (Å²) in [4.78, 5) is 19.3. The summed E-state index contributed by atoms with van der Waals surface area (Å²) in [7, 11) is 0. The summed E-state index contributed by atoms with van der Waals surface area (Å²) >= 11 is 0. The summed E-state index contributed by atoms with van der Waals surface area (Å²) in [5.41, 5.74) is 5.85. The minimum atomic E-state index is -0.131. The summed E-state index contributed by atoms with van der Waals surface area (Å²) < 4.78 is 0. The second-order valence-electron chi connectivity index (χ2n) is 7.55. The minimum absolute atomic E-state index is 0.131. The molecule has 5 nitrogen and oxygen atoms in total. The molecule has 1 aromatic heterocycles. The molecule has 0 saturated carbocycles. The van der Waals surface area contributed by atoms with E-state index >= 15 is 0 Å². The van der Waals surface area contributed by atoms with Crippen LogP contribution in [0, 0.1) is 13.8 Å². The minimum Gasteiger partial charge on any atom is -0.372 e. The molecule has 0 aliphatic carbocycles. The number of carbonyl (C=O) groups is 1. The number of hydrogen-bond donors (Lipinski definition) is 2. The zero-order valence-corrected chi connectivity index (χ0v) is 16.9. The second-order valence-corrected chi connectivity index (χ2v) is 7.55. The number of rotatable bonds is 5. The van der Waals surface area contributed by atoms with Crippen molar-refractivity contribution in [1.82, 2.24) is 4.98 Å². The highest BCUT2D eigenvalue weighted by atomic mass is 16.1. The zero-order chi connectivity index (χ0) is 20.2. The van der Waals surface area contributed by atoms with Crippen LogP contribution in [0.5, 0.6) is 0 Å². The molecular weight excluding hydrogens is 360 g/mol. The first-order chi connectivity index (χ1) is 14.1. The van der Waals surface area contributed by atoms with Gasteiger partial charge in [0.2, 0.25) is 0 Å². The number of nitrogens with zero attached hydrogens (tertiary/aromatic N) is 2. The molecule has 2 N–H and O–H groups in total. The molecule has 2 heterocycles. The highest BCUT2D eigenvalue weighted by molar-refractivity contribution is 6.04. The lowest BCUT2D eigenvalue weighted by atomic mass is 10.1. The van der Waals surface area contributed by atoms with Crippen molar-refractivity contribution >= 4 is 28.8 Å². The molecule has 0 bridgehead atoms. The van der Waals surface area contributed by atoms with E-state index in [-0.39, 0.29) is 5.91 Å². The predicted octanol–water partition coefficient (Wildman–Crippen LogP) is 5.29. The lowest BCUT2D eigenvalue weighted by Crippen LogP contribution is -2.17. The van der Waals surface area contributed by atoms with Gasteiger partial charge in [0, 0.05) is 30.0 Å². The number of amides is 1. The van der Waals surface area contributed by atoms with E-state index in [1.54, 1.807) is 6.20 Å². The second kappa shape index (κ2) is 8.35. The Labute approximate surface area is 171 Å². The van der Waals surface area contributed by atoms with E-state index in [4.69, 9.17) is 0 Å². The van der Waals surface area contributed by atoms with Crippen molar-refractivity contribution in [3.05, 3.63) is 77.5 Å². The molecule has 1 saturated heterocycles. The number of aromatic nitrogens is 1. The molecule has 1 amide bonds. The van der Waals surface area contributed by atoms with Gasteiger partial charge in [-0.25, -0.2) is 4.98 Å². The Hall–Kier alpha value is -3.34. The molecular formula is C24H26N4O. The Bertz CT molecular complexity index is 990. The van der Waals surface area contributed by atoms with Gasteiger partial charge >= 0.3 is 0 Å². The fraction of sp³-hybridized carbons (Fsp3) is 0.250. The third-order valence-electron chi connectivity index (χ3n) is 5.40. The standard InChI is InChI=1S/C24H26N4O/c1-17-5-6-19(15-18(17)2)24(29)27-21-9-12-23(25-16-21)26-20-7-10-22(11-8-20)28-13-3-4-14-28/h5-12,15-16H,3-4,13-14H2,1-2H3,(H,25,26)(H,27,29). The molecule has 4 rings (SSSR count). The highest BCUT2D eigenvalue weighted by Gasteiger charge is 2.12. The number of hydrogen-bond acceptors (Lipinski definition) is 4. The Kier molecular flexibility index (Phi) is 5.47. The van der Waals surface area contributed by atoms with Gasteiger partial charge < -0.3 is 15.5 Å². The van der Waals surface area contributed by atoms with Crippen molar-refractivity contribution in [3.63, 3.8) is 0 Å². The Balaban J connectivity index is 1.37. The van der Waals surface area contributed by atoms with Crippen molar-refractivity contribution in [3.8, 4) is 0 Å². The lowest BCUT2D eigenvalue weighted by molar-refractivity contribution is 0.102. The number of anilines is 4. The van der Waals surface area contributed by atoms with Gasteiger partial charge in [-0.3, -0.25) is 4.79 Å². The summed E-state index contributed by atoms with van der Waals surface area (Å²) in [5, 5.41) is 6.21. The summed E-state index contributed by atoms with van der Waals surface area (Å²) in [6, 6.07) is 17.9. The van der Waals surface area contributed by atoms with Crippen LogP contribution in [-0.2, 0) is 0 Å². The molecule has 0 radical (unpaired) electrons. The van der Waals surface area contributed by atoms with Crippen molar-refractivity contribution in [2.75, 3.05) is 28.6 Å². The van der Waals surface area contributed by atoms with Crippen LogP contribution in [0.1, 0.15) is 34.3 Å². The maximum absolute atomic E-state index is 12.4. The number of pyridine rings is 1. The van der Waals surface area contributed by atoms with E-state index in [0.29, 0.717) is 11.3 Å². The van der Waals surface area contributed by atoms with E-state index in [0.717, 1.165) is 30.2 Å². The van der Waals surface area contributed by atoms with Crippen LogP contribution >= 0.6 is 0 Å². The third-order valence-corrected chi connectivity index (χ3v) is 5.40. The molecule has 0 spiro atoms. The molecule has 1 aliphatic heterocycles. The average molecular weight is 386 g/mol. The third kappa shape index (κ3) is 4.57. The summed E-state index contributed by atoms with van der Waals surface area (Å²) in [6.07, 6.45) is 4.21. The molecule has 148 valence electrons. The van der Waals surface area contributed by atoms with Gasteiger partial charge in [-0.1, -0.05) is 6.07 Å². The molecule has 1 fully saturated rings. The van der Waals surface area contributed by atoms with Gasteiger partial charge in [-0.05, 0) is 86.3 Å². The Morgan fingerprint density at radius 3 is 2.28 bits per heavy atom. The Morgan fingerprint density at radius 1 is 0.897 bits per heavy atom. The van der Waals surface area contributed by atoms with Gasteiger partial charge in [0.1, 0.15) is 5.82 Å². The van der Waals surface area contributed by atoms with Gasteiger partial charge in [-0.2, -0.15) is 0 Å². The molecule has 0 unspecified atom stereocenters. The molecule has 29 heavy (non-hydrogen) atoms. The Morgan fingerprint density at radius 2 is 1.62 bits per heavy atom. The normalized spacial score (nSPS) is 13.4. The van der Waals surface area contributed by atoms with Crippen LogP contribution in [0.25, 0.3) is 0 Å². The van der Waals surface area contributed by atoms with E-state index in [9.17, 15) is 4.79 Å². The number of benzene rings is 2. The van der Waals surface area contributed by atoms with Gasteiger partial charge in [-0.15, -0.1) is 0 Å².